The second-order valence-electron chi connectivity index (χ2n) is 5.17. The molecule has 4 nitrogen and oxygen atoms in total. The highest BCUT2D eigenvalue weighted by Crippen LogP contribution is 2.24. The van der Waals surface area contributed by atoms with Crippen molar-refractivity contribution in [3.05, 3.63) is 28.8 Å². The molecule has 1 aliphatic carbocycles. The lowest BCUT2D eigenvalue weighted by Gasteiger charge is -2.10. The molecule has 20 heavy (non-hydrogen) atoms. The number of nitrogens with one attached hydrogen (secondary N) is 2. The van der Waals surface area contributed by atoms with Crippen molar-refractivity contribution >= 4 is 21.6 Å². The molecule has 2 N–H and O–H groups in total. The summed E-state index contributed by atoms with van der Waals surface area (Å²) < 4.78 is 27.0. The molecule has 2 rings (SSSR count). The lowest BCUT2D eigenvalue weighted by molar-refractivity contribution is 0.578. The van der Waals surface area contributed by atoms with Crippen LogP contribution in [-0.2, 0) is 16.6 Å². The summed E-state index contributed by atoms with van der Waals surface area (Å²) in [7, 11) is -3.52. The average molecular weight is 317 g/mol. The van der Waals surface area contributed by atoms with E-state index in [4.69, 9.17) is 11.6 Å². The molecule has 0 saturated heterocycles. The number of hydrogen-bond acceptors (Lipinski definition) is 3. The Morgan fingerprint density at radius 2 is 2.10 bits per heavy atom. The third-order valence-electron chi connectivity index (χ3n) is 3.28. The molecule has 1 aliphatic rings. The maximum absolute atomic E-state index is 12.2. The molecule has 0 amide bonds. The van der Waals surface area contributed by atoms with Crippen LogP contribution < -0.4 is 10.0 Å². The van der Waals surface area contributed by atoms with Gasteiger partial charge in [-0.25, -0.2) is 13.1 Å². The van der Waals surface area contributed by atoms with Crippen molar-refractivity contribution in [1.29, 1.82) is 0 Å². The number of sulfonamides is 1. The molecule has 1 saturated carbocycles. The number of rotatable bonds is 8. The summed E-state index contributed by atoms with van der Waals surface area (Å²) in [6.45, 7) is 3.14. The van der Waals surface area contributed by atoms with E-state index in [2.05, 4.69) is 10.0 Å². The Kier molecular flexibility index (Phi) is 5.43. The van der Waals surface area contributed by atoms with Gasteiger partial charge in [0.15, 0.2) is 0 Å². The van der Waals surface area contributed by atoms with Crippen molar-refractivity contribution in [3.63, 3.8) is 0 Å². The molecular weight excluding hydrogens is 296 g/mol. The molecule has 0 atom stereocenters. The molecule has 6 heteroatoms. The first-order chi connectivity index (χ1) is 9.53. The minimum Gasteiger partial charge on any atom is -0.310 e. The van der Waals surface area contributed by atoms with E-state index in [0.29, 0.717) is 19.1 Å². The van der Waals surface area contributed by atoms with Crippen LogP contribution >= 0.6 is 11.6 Å². The molecule has 0 heterocycles. The van der Waals surface area contributed by atoms with Gasteiger partial charge < -0.3 is 5.32 Å². The Labute approximate surface area is 126 Å². The van der Waals surface area contributed by atoms with E-state index in [-0.39, 0.29) is 9.92 Å². The van der Waals surface area contributed by atoms with E-state index >= 15 is 0 Å². The molecule has 0 aliphatic heterocycles. The van der Waals surface area contributed by atoms with E-state index in [1.165, 1.54) is 12.8 Å². The zero-order valence-electron chi connectivity index (χ0n) is 11.7. The van der Waals surface area contributed by atoms with Gasteiger partial charge in [-0.05, 0) is 37.0 Å². The van der Waals surface area contributed by atoms with Gasteiger partial charge in [0.1, 0.15) is 4.90 Å². The Morgan fingerprint density at radius 1 is 1.35 bits per heavy atom. The molecule has 0 unspecified atom stereocenters. The van der Waals surface area contributed by atoms with Crippen LogP contribution in [0.3, 0.4) is 0 Å². The number of benzene rings is 1. The quantitative estimate of drug-likeness (QED) is 0.725. The predicted octanol–water partition coefficient (Wildman–Crippen LogP) is 2.67. The third-order valence-corrected chi connectivity index (χ3v) is 5.22. The summed E-state index contributed by atoms with van der Waals surface area (Å²) >= 11 is 6.03. The zero-order valence-corrected chi connectivity index (χ0v) is 13.2. The van der Waals surface area contributed by atoms with Gasteiger partial charge >= 0.3 is 0 Å². The lowest BCUT2D eigenvalue weighted by Crippen LogP contribution is -2.25. The summed E-state index contributed by atoms with van der Waals surface area (Å²) in [6.07, 6.45) is 4.18. The van der Waals surface area contributed by atoms with Gasteiger partial charge in [-0.1, -0.05) is 31.0 Å². The molecule has 0 bridgehead atoms. The van der Waals surface area contributed by atoms with Crippen molar-refractivity contribution in [2.75, 3.05) is 6.54 Å². The van der Waals surface area contributed by atoms with E-state index in [0.717, 1.165) is 18.4 Å². The van der Waals surface area contributed by atoms with Gasteiger partial charge in [0.25, 0.3) is 0 Å². The average Bonchev–Trinajstić information content (AvgIpc) is 3.22. The summed E-state index contributed by atoms with van der Waals surface area (Å²) in [5.74, 6) is 0. The fraction of sp³-hybridized carbons (Fsp3) is 0.571. The normalized spacial score (nSPS) is 15.5. The Balaban J connectivity index is 2.09. The zero-order chi connectivity index (χ0) is 14.6. The third kappa shape index (κ3) is 4.45. The minimum atomic E-state index is -3.52. The molecular formula is C14H21ClN2O2S. The van der Waals surface area contributed by atoms with Crippen molar-refractivity contribution in [3.8, 4) is 0 Å². The van der Waals surface area contributed by atoms with E-state index in [9.17, 15) is 8.42 Å². The second kappa shape index (κ2) is 6.89. The van der Waals surface area contributed by atoms with Crippen molar-refractivity contribution in [2.24, 2.45) is 0 Å². The molecule has 0 aromatic heterocycles. The van der Waals surface area contributed by atoms with Gasteiger partial charge in [0.2, 0.25) is 10.0 Å². The van der Waals surface area contributed by atoms with Gasteiger partial charge in [0.05, 0.1) is 5.02 Å². The maximum atomic E-state index is 12.2. The van der Waals surface area contributed by atoms with E-state index in [1.54, 1.807) is 12.1 Å². The number of hydrogen-bond donors (Lipinski definition) is 2. The van der Waals surface area contributed by atoms with Crippen molar-refractivity contribution in [1.82, 2.24) is 10.0 Å². The molecule has 0 radical (unpaired) electrons. The summed E-state index contributed by atoms with van der Waals surface area (Å²) in [6, 6.07) is 5.77. The summed E-state index contributed by atoms with van der Waals surface area (Å²) in [5, 5.41) is 3.63. The van der Waals surface area contributed by atoms with Gasteiger partial charge in [0, 0.05) is 19.1 Å². The van der Waals surface area contributed by atoms with Crippen LogP contribution in [0.25, 0.3) is 0 Å². The lowest BCUT2D eigenvalue weighted by atomic mass is 10.2. The predicted molar refractivity (Wildman–Crippen MR) is 81.4 cm³/mol. The first-order valence-corrected chi connectivity index (χ1v) is 8.90. The maximum Gasteiger partial charge on any atom is 0.242 e. The summed E-state index contributed by atoms with van der Waals surface area (Å²) in [4.78, 5) is 0.172. The van der Waals surface area contributed by atoms with Crippen LogP contribution in [-0.4, -0.2) is 21.0 Å². The largest absolute Gasteiger partial charge is 0.310 e. The van der Waals surface area contributed by atoms with Crippen LogP contribution in [0.5, 0.6) is 0 Å². The fourth-order valence-corrected chi connectivity index (χ4v) is 3.50. The first-order valence-electron chi connectivity index (χ1n) is 7.04. The van der Waals surface area contributed by atoms with Crippen LogP contribution in [0.2, 0.25) is 5.02 Å². The van der Waals surface area contributed by atoms with Gasteiger partial charge in [-0.3, -0.25) is 0 Å². The monoisotopic (exact) mass is 316 g/mol. The Hall–Kier alpha value is -0.620. The van der Waals surface area contributed by atoms with Gasteiger partial charge in [-0.2, -0.15) is 0 Å². The van der Waals surface area contributed by atoms with E-state index in [1.807, 2.05) is 13.0 Å². The molecule has 1 aromatic carbocycles. The highest BCUT2D eigenvalue weighted by molar-refractivity contribution is 7.89. The van der Waals surface area contributed by atoms with E-state index < -0.39 is 10.0 Å². The molecule has 112 valence electrons. The SMILES string of the molecule is CCCCNS(=O)(=O)c1cc(CNC2CC2)ccc1Cl. The first kappa shape index (κ1) is 15.8. The van der Waals surface area contributed by atoms with Crippen molar-refractivity contribution in [2.45, 2.75) is 50.1 Å². The van der Waals surface area contributed by atoms with Crippen LogP contribution in [0.1, 0.15) is 38.2 Å². The summed E-state index contributed by atoms with van der Waals surface area (Å²) in [5.41, 5.74) is 0.942. The smallest absolute Gasteiger partial charge is 0.242 e. The van der Waals surface area contributed by atoms with Crippen LogP contribution in [0, 0.1) is 0 Å². The van der Waals surface area contributed by atoms with Crippen LogP contribution in [0.15, 0.2) is 23.1 Å². The second-order valence-corrected chi connectivity index (χ2v) is 7.31. The number of unbranched alkanes of at least 4 members (excludes halogenated alkanes) is 1. The highest BCUT2D eigenvalue weighted by atomic mass is 35.5. The van der Waals surface area contributed by atoms with Crippen molar-refractivity contribution < 1.29 is 8.42 Å². The van der Waals surface area contributed by atoms with Gasteiger partial charge in [-0.15, -0.1) is 0 Å². The Bertz CT molecular complexity index is 556. The molecule has 1 fully saturated rings. The molecule has 1 aromatic rings. The highest BCUT2D eigenvalue weighted by Gasteiger charge is 2.21. The Morgan fingerprint density at radius 3 is 2.75 bits per heavy atom. The fourth-order valence-electron chi connectivity index (χ4n) is 1.87. The molecule has 0 spiro atoms. The minimum absolute atomic E-state index is 0.172. The van der Waals surface area contributed by atoms with Crippen LogP contribution in [0.4, 0.5) is 0 Å². The standard InChI is InChI=1S/C14H21ClN2O2S/c1-2-3-8-17-20(18,19)14-9-11(4-7-13(14)15)10-16-12-5-6-12/h4,7,9,12,16-17H,2-3,5-6,8,10H2,1H3. The topological polar surface area (TPSA) is 58.2 Å². The number of halogens is 1.